The van der Waals surface area contributed by atoms with Crippen LogP contribution in [0.25, 0.3) is 0 Å². The van der Waals surface area contributed by atoms with Crippen LogP contribution >= 0.6 is 11.3 Å². The van der Waals surface area contributed by atoms with Crippen molar-refractivity contribution >= 4 is 23.2 Å². The molecule has 170 valence electrons. The van der Waals surface area contributed by atoms with E-state index in [1.807, 2.05) is 33.2 Å². The number of amides is 2. The molecule has 2 rings (SSSR count). The fraction of sp³-hybridized carbons (Fsp3) is 0.500. The van der Waals surface area contributed by atoms with E-state index in [0.717, 1.165) is 36.9 Å². The van der Waals surface area contributed by atoms with Gasteiger partial charge < -0.3 is 4.84 Å². The molecule has 0 saturated heterocycles. The number of carbonyl (C=O) groups is 2. The molecule has 0 saturated carbocycles. The number of nitrogens with one attached hydrogen (secondary N) is 1. The summed E-state index contributed by atoms with van der Waals surface area (Å²) in [5, 5.41) is 5.27. The van der Waals surface area contributed by atoms with Crippen molar-refractivity contribution in [3.8, 4) is 5.75 Å². The van der Waals surface area contributed by atoms with Gasteiger partial charge in [0.15, 0.2) is 5.75 Å². The van der Waals surface area contributed by atoms with Crippen LogP contribution in [0.15, 0.2) is 23.2 Å². The molecule has 1 aromatic carbocycles. The summed E-state index contributed by atoms with van der Waals surface area (Å²) in [6, 6.07) is 2.39. The summed E-state index contributed by atoms with van der Waals surface area (Å²) in [6.07, 6.45) is -2.97. The van der Waals surface area contributed by atoms with Gasteiger partial charge in [-0.3, -0.25) is 9.59 Å². The summed E-state index contributed by atoms with van der Waals surface area (Å²) >= 11 is 1.21. The Morgan fingerprint density at radius 3 is 2.48 bits per heavy atom. The molecule has 0 radical (unpaired) electrons. The van der Waals surface area contributed by atoms with Gasteiger partial charge in [-0.1, -0.05) is 45.5 Å². The Labute approximate surface area is 181 Å². The van der Waals surface area contributed by atoms with Gasteiger partial charge in [-0.2, -0.15) is 28.7 Å². The highest BCUT2D eigenvalue weighted by Crippen LogP contribution is 2.33. The zero-order valence-electron chi connectivity index (χ0n) is 18.0. The smallest absolute Gasteiger partial charge is 0.379 e. The number of benzene rings is 1. The predicted octanol–water partition coefficient (Wildman–Crippen LogP) is 4.23. The number of hydroxylamine groups is 1. The van der Waals surface area contributed by atoms with Crippen molar-refractivity contribution in [1.82, 2.24) is 15.3 Å². The van der Waals surface area contributed by atoms with Crippen LogP contribution in [-0.2, 0) is 22.9 Å². The highest BCUT2D eigenvalue weighted by molar-refractivity contribution is 7.09. The quantitative estimate of drug-likeness (QED) is 0.657. The third-order valence-electron chi connectivity index (χ3n) is 4.02. The lowest BCUT2D eigenvalue weighted by molar-refractivity contribution is -0.137. The van der Waals surface area contributed by atoms with Crippen molar-refractivity contribution in [3.63, 3.8) is 0 Å². The van der Waals surface area contributed by atoms with Crippen molar-refractivity contribution in [2.24, 2.45) is 4.99 Å². The molecule has 0 atom stereocenters. The van der Waals surface area contributed by atoms with Crippen LogP contribution in [0.2, 0.25) is 0 Å². The van der Waals surface area contributed by atoms with Crippen LogP contribution in [0.3, 0.4) is 0 Å². The van der Waals surface area contributed by atoms with Gasteiger partial charge in [0, 0.05) is 18.9 Å². The zero-order chi connectivity index (χ0) is 23.4. The average molecular weight is 459 g/mol. The first kappa shape index (κ1) is 24.6. The minimum atomic E-state index is -4.66. The van der Waals surface area contributed by atoms with Gasteiger partial charge >= 0.3 is 6.18 Å². The average Bonchev–Trinajstić information content (AvgIpc) is 3.06. The largest absolute Gasteiger partial charge is 0.416 e. The van der Waals surface area contributed by atoms with Gasteiger partial charge in [0.2, 0.25) is 10.7 Å². The number of unbranched alkanes of at least 4 members (excludes halogenated alkanes) is 1. The topological polar surface area (TPSA) is 85.6 Å². The molecule has 11 heteroatoms. The lowest BCUT2D eigenvalue weighted by Crippen LogP contribution is -2.25. The van der Waals surface area contributed by atoms with E-state index in [1.54, 1.807) is 4.68 Å². The molecule has 1 N–H and O–H groups in total. The van der Waals surface area contributed by atoms with E-state index >= 15 is 0 Å². The van der Waals surface area contributed by atoms with E-state index < -0.39 is 29.1 Å². The molecule has 31 heavy (non-hydrogen) atoms. The monoisotopic (exact) mass is 458 g/mol. The fourth-order valence-corrected chi connectivity index (χ4v) is 3.37. The lowest BCUT2D eigenvalue weighted by atomic mass is 9.98. The van der Waals surface area contributed by atoms with Crippen LogP contribution in [0.4, 0.5) is 13.2 Å². The van der Waals surface area contributed by atoms with Crippen molar-refractivity contribution in [2.45, 2.75) is 65.6 Å². The van der Waals surface area contributed by atoms with Crippen molar-refractivity contribution in [1.29, 1.82) is 0 Å². The summed E-state index contributed by atoms with van der Waals surface area (Å²) in [7, 11) is 0. The van der Waals surface area contributed by atoms with Gasteiger partial charge in [0.1, 0.15) is 5.01 Å². The molecule has 0 fully saturated rings. The Bertz CT molecular complexity index is 1020. The summed E-state index contributed by atoms with van der Waals surface area (Å²) < 4.78 is 41.1. The number of halogens is 3. The molecular weight excluding hydrogens is 433 g/mol. The molecule has 1 aromatic heterocycles. The number of aromatic nitrogens is 2. The van der Waals surface area contributed by atoms with E-state index in [1.165, 1.54) is 11.3 Å². The van der Waals surface area contributed by atoms with Crippen molar-refractivity contribution in [2.75, 3.05) is 0 Å². The third kappa shape index (κ3) is 6.65. The molecule has 0 spiro atoms. The number of aryl methyl sites for hydroxylation is 1. The van der Waals surface area contributed by atoms with Gasteiger partial charge in [-0.25, -0.2) is 4.68 Å². The first-order valence-electron chi connectivity index (χ1n) is 9.65. The number of alkyl halides is 3. The number of carbonyl (C=O) groups excluding carboxylic acids is 2. The summed E-state index contributed by atoms with van der Waals surface area (Å²) in [5.41, 5.74) is 0.279. The second-order valence-corrected chi connectivity index (χ2v) is 8.86. The van der Waals surface area contributed by atoms with Gasteiger partial charge in [0.05, 0.1) is 11.1 Å². The van der Waals surface area contributed by atoms with Crippen molar-refractivity contribution in [3.05, 3.63) is 39.1 Å². The maximum Gasteiger partial charge on any atom is 0.416 e. The van der Waals surface area contributed by atoms with Crippen LogP contribution < -0.4 is 15.1 Å². The maximum absolute atomic E-state index is 13.2. The SMILES string of the molecule is CCCCn1nc(C(C)(C)C)sc1=NC(=O)c1cc(C(F)(F)F)ccc1ONC(C)=O. The molecule has 0 unspecified atom stereocenters. The molecule has 0 bridgehead atoms. The molecule has 0 aliphatic carbocycles. The van der Waals surface area contributed by atoms with Crippen LogP contribution in [0, 0.1) is 0 Å². The normalized spacial score (nSPS) is 12.7. The highest BCUT2D eigenvalue weighted by atomic mass is 32.1. The summed E-state index contributed by atoms with van der Waals surface area (Å²) in [4.78, 5) is 33.3. The number of hydrogen-bond donors (Lipinski definition) is 1. The van der Waals surface area contributed by atoms with E-state index in [2.05, 4.69) is 10.1 Å². The Balaban J connectivity index is 2.57. The third-order valence-corrected chi connectivity index (χ3v) is 5.40. The Morgan fingerprint density at radius 1 is 1.26 bits per heavy atom. The van der Waals surface area contributed by atoms with Gasteiger partial charge in [-0.15, -0.1) is 0 Å². The van der Waals surface area contributed by atoms with Gasteiger partial charge in [-0.05, 0) is 24.6 Å². The lowest BCUT2D eigenvalue weighted by Gasteiger charge is -2.12. The second kappa shape index (κ2) is 9.63. The minimum Gasteiger partial charge on any atom is -0.379 e. The Hall–Kier alpha value is -2.69. The molecule has 0 aliphatic rings. The van der Waals surface area contributed by atoms with Gasteiger partial charge in [0.25, 0.3) is 5.91 Å². The Morgan fingerprint density at radius 2 is 1.94 bits per heavy atom. The van der Waals surface area contributed by atoms with Crippen LogP contribution in [0.1, 0.15) is 68.4 Å². The molecule has 2 amide bonds. The highest BCUT2D eigenvalue weighted by Gasteiger charge is 2.32. The first-order valence-corrected chi connectivity index (χ1v) is 10.5. The second-order valence-electron chi connectivity index (χ2n) is 7.90. The first-order chi connectivity index (χ1) is 14.3. The van der Waals surface area contributed by atoms with Crippen LogP contribution in [-0.4, -0.2) is 21.6 Å². The van der Waals surface area contributed by atoms with E-state index in [0.29, 0.717) is 12.6 Å². The zero-order valence-corrected chi connectivity index (χ0v) is 18.8. The molecule has 2 aromatic rings. The van der Waals surface area contributed by atoms with Crippen LogP contribution in [0.5, 0.6) is 5.75 Å². The van der Waals surface area contributed by atoms with E-state index in [-0.39, 0.29) is 16.0 Å². The molecule has 1 heterocycles. The molecule has 0 aliphatic heterocycles. The van der Waals surface area contributed by atoms with Crippen molar-refractivity contribution < 1.29 is 27.6 Å². The van der Waals surface area contributed by atoms with E-state index in [9.17, 15) is 22.8 Å². The number of nitrogens with zero attached hydrogens (tertiary/aromatic N) is 3. The maximum atomic E-state index is 13.2. The number of hydrogen-bond acceptors (Lipinski definition) is 5. The molecular formula is C20H25F3N4O3S. The Kier molecular flexibility index (Phi) is 7.63. The standard InChI is InChI=1S/C20H25F3N4O3S/c1-6-7-10-27-18(31-17(25-27)19(3,4)5)24-16(29)14-11-13(20(21,22)23)8-9-15(14)30-26-12(2)28/h8-9,11H,6-7,10H2,1-5H3,(H,26,28). The fourth-order valence-electron chi connectivity index (χ4n) is 2.39. The number of rotatable bonds is 6. The summed E-state index contributed by atoms with van der Waals surface area (Å²) in [6.45, 7) is 9.59. The van der Waals surface area contributed by atoms with E-state index in [4.69, 9.17) is 4.84 Å². The molecule has 7 nitrogen and oxygen atoms in total. The minimum absolute atomic E-state index is 0.238. The predicted molar refractivity (Wildman–Crippen MR) is 109 cm³/mol. The summed E-state index contributed by atoms with van der Waals surface area (Å²) in [5.74, 6) is -1.75.